The lowest BCUT2D eigenvalue weighted by atomic mass is 10.1. The van der Waals surface area contributed by atoms with Crippen molar-refractivity contribution in [3.63, 3.8) is 0 Å². The lowest BCUT2D eigenvalue weighted by molar-refractivity contribution is 0.177. The highest BCUT2D eigenvalue weighted by atomic mass is 32.2. The molecule has 1 heterocycles. The van der Waals surface area contributed by atoms with E-state index in [9.17, 15) is 8.42 Å². The zero-order valence-electron chi connectivity index (χ0n) is 14.6. The van der Waals surface area contributed by atoms with Crippen LogP contribution < -0.4 is 0 Å². The van der Waals surface area contributed by atoms with Crippen LogP contribution in [0.1, 0.15) is 23.7 Å². The molecule has 6 heteroatoms. The van der Waals surface area contributed by atoms with Crippen LogP contribution in [0.4, 0.5) is 0 Å². The Hall–Kier alpha value is -1.63. The molecule has 2 rings (SSSR count). The molecule has 24 heavy (non-hydrogen) atoms. The van der Waals surface area contributed by atoms with Gasteiger partial charge >= 0.3 is 0 Å². The third-order valence-corrected chi connectivity index (χ3v) is 5.87. The number of hydrogen-bond acceptors (Lipinski definition) is 3. The molecule has 0 unspecified atom stereocenters. The monoisotopic (exact) mass is 350 g/mol. The van der Waals surface area contributed by atoms with Crippen molar-refractivity contribution >= 4 is 10.0 Å². The van der Waals surface area contributed by atoms with Crippen LogP contribution in [0.3, 0.4) is 0 Å². The average molecular weight is 350 g/mol. The number of hydrogen-bond donors (Lipinski definition) is 0. The minimum Gasteiger partial charge on any atom is -0.383 e. The van der Waals surface area contributed by atoms with Gasteiger partial charge in [-0.05, 0) is 31.5 Å². The Morgan fingerprint density at radius 2 is 1.88 bits per heavy atom. The molecular formula is C18H26N2O3S. The van der Waals surface area contributed by atoms with Crippen LogP contribution in [-0.4, -0.2) is 43.3 Å². The Bertz CT molecular complexity index is 736. The molecule has 0 aliphatic rings. The third kappa shape index (κ3) is 4.93. The maximum atomic E-state index is 12.3. The maximum Gasteiger partial charge on any atom is 0.214 e. The Kier molecular flexibility index (Phi) is 6.60. The molecule has 0 aliphatic carbocycles. The van der Waals surface area contributed by atoms with Gasteiger partial charge in [0.2, 0.25) is 10.0 Å². The fourth-order valence-electron chi connectivity index (χ4n) is 2.51. The highest BCUT2D eigenvalue weighted by Gasteiger charge is 2.21. The van der Waals surface area contributed by atoms with Gasteiger partial charge in [0, 0.05) is 32.1 Å². The molecule has 1 aromatic carbocycles. The van der Waals surface area contributed by atoms with E-state index in [4.69, 9.17) is 4.74 Å². The second-order valence-electron chi connectivity index (χ2n) is 5.84. The predicted octanol–water partition coefficient (Wildman–Crippen LogP) is 2.64. The van der Waals surface area contributed by atoms with E-state index < -0.39 is 10.0 Å². The summed E-state index contributed by atoms with van der Waals surface area (Å²) < 4.78 is 33.2. The minimum atomic E-state index is -3.26. The van der Waals surface area contributed by atoms with Crippen LogP contribution in [-0.2, 0) is 27.8 Å². The second kappa shape index (κ2) is 8.46. The standard InChI is InChI=1S/C18H26N2O3S/c1-4-24(21,22)20(12-13-23-3)15-18-6-5-11-19(18)14-17-9-7-16(2)8-10-17/h5-11H,4,12-15H2,1-3H3. The summed E-state index contributed by atoms with van der Waals surface area (Å²) in [6, 6.07) is 12.3. The van der Waals surface area contributed by atoms with Crippen molar-refractivity contribution < 1.29 is 13.2 Å². The maximum absolute atomic E-state index is 12.3. The minimum absolute atomic E-state index is 0.0926. The van der Waals surface area contributed by atoms with Gasteiger partial charge in [-0.3, -0.25) is 0 Å². The summed E-state index contributed by atoms with van der Waals surface area (Å²) in [4.78, 5) is 0. The lowest BCUT2D eigenvalue weighted by Crippen LogP contribution is -2.35. The summed E-state index contributed by atoms with van der Waals surface area (Å²) in [5.41, 5.74) is 3.40. The Labute approximate surface area is 144 Å². The van der Waals surface area contributed by atoms with Crippen LogP contribution in [0.15, 0.2) is 42.6 Å². The summed E-state index contributed by atoms with van der Waals surface area (Å²) >= 11 is 0. The first kappa shape index (κ1) is 18.7. The molecule has 0 N–H and O–H groups in total. The van der Waals surface area contributed by atoms with E-state index in [1.54, 1.807) is 14.0 Å². The van der Waals surface area contributed by atoms with Gasteiger partial charge in [-0.2, -0.15) is 4.31 Å². The molecule has 1 aromatic heterocycles. The third-order valence-electron chi connectivity index (χ3n) is 4.04. The summed E-state index contributed by atoms with van der Waals surface area (Å²) in [7, 11) is -1.68. The van der Waals surface area contributed by atoms with E-state index >= 15 is 0 Å². The Morgan fingerprint density at radius 3 is 2.50 bits per heavy atom. The van der Waals surface area contributed by atoms with Gasteiger partial charge in [-0.25, -0.2) is 8.42 Å². The van der Waals surface area contributed by atoms with E-state index in [0.29, 0.717) is 19.7 Å². The van der Waals surface area contributed by atoms with Crippen molar-refractivity contribution in [1.29, 1.82) is 0 Å². The van der Waals surface area contributed by atoms with Crippen molar-refractivity contribution in [2.45, 2.75) is 26.9 Å². The molecule has 0 spiro atoms. The average Bonchev–Trinajstić information content (AvgIpc) is 3.00. The number of nitrogens with zero attached hydrogens (tertiary/aromatic N) is 2. The van der Waals surface area contributed by atoms with E-state index in [0.717, 1.165) is 12.2 Å². The number of aromatic nitrogens is 1. The lowest BCUT2D eigenvalue weighted by Gasteiger charge is -2.22. The van der Waals surface area contributed by atoms with Crippen molar-refractivity contribution in [3.05, 3.63) is 59.4 Å². The highest BCUT2D eigenvalue weighted by Crippen LogP contribution is 2.14. The van der Waals surface area contributed by atoms with E-state index in [1.807, 2.05) is 18.3 Å². The van der Waals surface area contributed by atoms with Crippen molar-refractivity contribution in [1.82, 2.24) is 8.87 Å². The number of benzene rings is 1. The molecule has 0 amide bonds. The van der Waals surface area contributed by atoms with Crippen LogP contribution in [0.2, 0.25) is 0 Å². The van der Waals surface area contributed by atoms with Crippen molar-refractivity contribution in [3.8, 4) is 0 Å². The fourth-order valence-corrected chi connectivity index (χ4v) is 3.56. The molecule has 0 aliphatic heterocycles. The fraction of sp³-hybridized carbons (Fsp3) is 0.444. The van der Waals surface area contributed by atoms with Gasteiger partial charge < -0.3 is 9.30 Å². The number of methoxy groups -OCH3 is 1. The molecule has 0 radical (unpaired) electrons. The molecule has 0 saturated heterocycles. The van der Waals surface area contributed by atoms with Gasteiger partial charge in [-0.1, -0.05) is 29.8 Å². The van der Waals surface area contributed by atoms with Crippen LogP contribution >= 0.6 is 0 Å². The molecule has 132 valence electrons. The molecule has 0 bridgehead atoms. The summed E-state index contributed by atoms with van der Waals surface area (Å²) in [5.74, 6) is 0.0926. The first-order valence-corrected chi connectivity index (χ1v) is 9.73. The smallest absolute Gasteiger partial charge is 0.214 e. The molecular weight excluding hydrogens is 324 g/mol. The van der Waals surface area contributed by atoms with Crippen LogP contribution in [0, 0.1) is 6.92 Å². The number of ether oxygens (including phenoxy) is 1. The SMILES string of the molecule is CCS(=O)(=O)N(CCOC)Cc1cccn1Cc1ccc(C)cc1. The molecule has 5 nitrogen and oxygen atoms in total. The zero-order chi connectivity index (χ0) is 17.6. The number of aryl methyl sites for hydroxylation is 1. The topological polar surface area (TPSA) is 51.5 Å². The molecule has 0 fully saturated rings. The second-order valence-corrected chi connectivity index (χ2v) is 8.10. The molecule has 0 atom stereocenters. The van der Waals surface area contributed by atoms with Gasteiger partial charge in [0.05, 0.1) is 18.9 Å². The number of sulfonamides is 1. The van der Waals surface area contributed by atoms with Gasteiger partial charge in [0.1, 0.15) is 0 Å². The summed E-state index contributed by atoms with van der Waals surface area (Å²) in [5, 5.41) is 0. The first-order valence-electron chi connectivity index (χ1n) is 8.12. The van der Waals surface area contributed by atoms with Crippen LogP contribution in [0.25, 0.3) is 0 Å². The van der Waals surface area contributed by atoms with Crippen molar-refractivity contribution in [2.75, 3.05) is 26.0 Å². The quantitative estimate of drug-likeness (QED) is 0.699. The van der Waals surface area contributed by atoms with E-state index in [2.05, 4.69) is 35.8 Å². The van der Waals surface area contributed by atoms with E-state index in [1.165, 1.54) is 15.4 Å². The van der Waals surface area contributed by atoms with Gasteiger partial charge in [0.15, 0.2) is 0 Å². The normalized spacial score (nSPS) is 12.0. The highest BCUT2D eigenvalue weighted by molar-refractivity contribution is 7.89. The zero-order valence-corrected chi connectivity index (χ0v) is 15.4. The summed E-state index contributed by atoms with van der Waals surface area (Å²) in [6.07, 6.45) is 1.99. The Balaban J connectivity index is 2.16. The summed E-state index contributed by atoms with van der Waals surface area (Å²) in [6.45, 7) is 5.57. The van der Waals surface area contributed by atoms with E-state index in [-0.39, 0.29) is 5.75 Å². The van der Waals surface area contributed by atoms with Crippen molar-refractivity contribution in [2.24, 2.45) is 0 Å². The largest absolute Gasteiger partial charge is 0.383 e. The molecule has 0 saturated carbocycles. The van der Waals surface area contributed by atoms with Crippen LogP contribution in [0.5, 0.6) is 0 Å². The first-order chi connectivity index (χ1) is 11.5. The number of rotatable bonds is 9. The molecule has 2 aromatic rings. The predicted molar refractivity (Wildman–Crippen MR) is 96.5 cm³/mol. The van der Waals surface area contributed by atoms with Gasteiger partial charge in [-0.15, -0.1) is 0 Å². The van der Waals surface area contributed by atoms with Gasteiger partial charge in [0.25, 0.3) is 0 Å². The Morgan fingerprint density at radius 1 is 1.17 bits per heavy atom.